The summed E-state index contributed by atoms with van der Waals surface area (Å²) in [5.41, 5.74) is 3.03. The molecule has 2 amide bonds. The van der Waals surface area contributed by atoms with Crippen LogP contribution in [0.4, 0.5) is 16.3 Å². The van der Waals surface area contributed by atoms with E-state index in [1.165, 1.54) is 4.68 Å². The molecule has 0 atom stereocenters. The molecule has 9 nitrogen and oxygen atoms in total. The third-order valence-electron chi connectivity index (χ3n) is 5.11. The highest BCUT2D eigenvalue weighted by molar-refractivity contribution is 5.99. The SMILES string of the molecule is CCc1c(C)nc(-n2nc(-c3ccccc3)cc2NC(=O)Nc2cccc(OC)c2)[nH]c1=O. The molecule has 3 N–H and O–H groups in total. The summed E-state index contributed by atoms with van der Waals surface area (Å²) >= 11 is 0. The van der Waals surface area contributed by atoms with Gasteiger partial charge in [-0.25, -0.2) is 9.78 Å². The number of carbonyl (C=O) groups is 1. The molecular weight excluding hydrogens is 420 g/mol. The van der Waals surface area contributed by atoms with Crippen molar-refractivity contribution in [2.45, 2.75) is 20.3 Å². The molecule has 4 aromatic rings. The van der Waals surface area contributed by atoms with Crippen molar-refractivity contribution in [2.75, 3.05) is 17.7 Å². The minimum Gasteiger partial charge on any atom is -0.497 e. The summed E-state index contributed by atoms with van der Waals surface area (Å²) in [6.45, 7) is 3.68. The summed E-state index contributed by atoms with van der Waals surface area (Å²) in [4.78, 5) is 32.6. The lowest BCUT2D eigenvalue weighted by atomic mass is 10.2. The number of aromatic nitrogens is 4. The van der Waals surface area contributed by atoms with Crippen LogP contribution in [0.3, 0.4) is 0 Å². The fraction of sp³-hybridized carbons (Fsp3) is 0.167. The van der Waals surface area contributed by atoms with Gasteiger partial charge in [-0.1, -0.05) is 43.3 Å². The lowest BCUT2D eigenvalue weighted by molar-refractivity contribution is 0.262. The third-order valence-corrected chi connectivity index (χ3v) is 5.11. The van der Waals surface area contributed by atoms with Crippen LogP contribution in [0.1, 0.15) is 18.2 Å². The van der Waals surface area contributed by atoms with Gasteiger partial charge >= 0.3 is 6.03 Å². The quantitative estimate of drug-likeness (QED) is 0.413. The Labute approximate surface area is 190 Å². The van der Waals surface area contributed by atoms with Gasteiger partial charge in [0.05, 0.1) is 12.8 Å². The van der Waals surface area contributed by atoms with E-state index >= 15 is 0 Å². The summed E-state index contributed by atoms with van der Waals surface area (Å²) in [5, 5.41) is 10.2. The highest BCUT2D eigenvalue weighted by atomic mass is 16.5. The Balaban J connectivity index is 1.71. The summed E-state index contributed by atoms with van der Waals surface area (Å²) < 4.78 is 6.62. The maximum atomic E-state index is 12.7. The number of hydrogen-bond donors (Lipinski definition) is 3. The number of methoxy groups -OCH3 is 1. The Hall–Kier alpha value is -4.40. The Bertz CT molecular complexity index is 1340. The van der Waals surface area contributed by atoms with Crippen molar-refractivity contribution in [3.05, 3.63) is 82.3 Å². The van der Waals surface area contributed by atoms with Crippen LogP contribution >= 0.6 is 0 Å². The number of nitrogens with one attached hydrogen (secondary N) is 3. The largest absolute Gasteiger partial charge is 0.497 e. The molecule has 0 bridgehead atoms. The first-order valence-electron chi connectivity index (χ1n) is 10.5. The van der Waals surface area contributed by atoms with E-state index in [2.05, 4.69) is 25.7 Å². The van der Waals surface area contributed by atoms with E-state index in [1.54, 1.807) is 44.4 Å². The van der Waals surface area contributed by atoms with Gasteiger partial charge in [0.15, 0.2) is 0 Å². The van der Waals surface area contributed by atoms with E-state index in [0.717, 1.165) is 5.56 Å². The van der Waals surface area contributed by atoms with Gasteiger partial charge < -0.3 is 10.1 Å². The molecule has 0 aliphatic carbocycles. The second-order valence-corrected chi connectivity index (χ2v) is 7.31. The van der Waals surface area contributed by atoms with E-state index in [-0.39, 0.29) is 11.5 Å². The normalized spacial score (nSPS) is 10.6. The van der Waals surface area contributed by atoms with Crippen LogP contribution in [-0.2, 0) is 6.42 Å². The van der Waals surface area contributed by atoms with Crippen LogP contribution in [0, 0.1) is 6.92 Å². The average molecular weight is 444 g/mol. The smallest absolute Gasteiger partial charge is 0.324 e. The highest BCUT2D eigenvalue weighted by Gasteiger charge is 2.17. The van der Waals surface area contributed by atoms with Gasteiger partial charge in [-0.05, 0) is 25.5 Å². The van der Waals surface area contributed by atoms with Crippen molar-refractivity contribution in [3.8, 4) is 23.0 Å². The Morgan fingerprint density at radius 3 is 2.58 bits per heavy atom. The molecule has 0 unspecified atom stereocenters. The van der Waals surface area contributed by atoms with E-state index in [0.29, 0.717) is 40.6 Å². The van der Waals surface area contributed by atoms with Crippen LogP contribution in [0.5, 0.6) is 5.75 Å². The summed E-state index contributed by atoms with van der Waals surface area (Å²) in [7, 11) is 1.56. The predicted molar refractivity (Wildman–Crippen MR) is 127 cm³/mol. The first kappa shape index (κ1) is 21.8. The van der Waals surface area contributed by atoms with Gasteiger partial charge in [-0.3, -0.25) is 15.1 Å². The second-order valence-electron chi connectivity index (χ2n) is 7.31. The number of nitrogens with zero attached hydrogens (tertiary/aromatic N) is 3. The molecule has 0 aliphatic rings. The number of anilines is 2. The molecule has 33 heavy (non-hydrogen) atoms. The first-order valence-corrected chi connectivity index (χ1v) is 10.5. The van der Waals surface area contributed by atoms with Crippen LogP contribution in [0.15, 0.2) is 65.5 Å². The van der Waals surface area contributed by atoms with Crippen molar-refractivity contribution in [3.63, 3.8) is 0 Å². The molecule has 2 aromatic carbocycles. The molecule has 0 aliphatic heterocycles. The molecule has 2 aromatic heterocycles. The number of H-pyrrole nitrogens is 1. The minimum atomic E-state index is -0.478. The molecule has 168 valence electrons. The van der Waals surface area contributed by atoms with Crippen LogP contribution < -0.4 is 20.9 Å². The Kier molecular flexibility index (Phi) is 6.21. The summed E-state index contributed by atoms with van der Waals surface area (Å²) in [6.07, 6.45) is 0.566. The zero-order chi connectivity index (χ0) is 23.4. The number of aryl methyl sites for hydroxylation is 1. The van der Waals surface area contributed by atoms with Gasteiger partial charge in [0.2, 0.25) is 5.95 Å². The van der Waals surface area contributed by atoms with Crippen molar-refractivity contribution >= 4 is 17.5 Å². The predicted octanol–water partition coefficient (Wildman–Crippen LogP) is 4.15. The maximum absolute atomic E-state index is 12.7. The molecule has 0 saturated carbocycles. The Morgan fingerprint density at radius 1 is 1.09 bits per heavy atom. The number of hydrogen-bond acceptors (Lipinski definition) is 5. The average Bonchev–Trinajstić information content (AvgIpc) is 3.23. The van der Waals surface area contributed by atoms with Crippen LogP contribution in [0.2, 0.25) is 0 Å². The molecule has 4 rings (SSSR count). The van der Waals surface area contributed by atoms with Gasteiger partial charge in [0, 0.05) is 34.6 Å². The third kappa shape index (κ3) is 4.77. The number of benzene rings is 2. The van der Waals surface area contributed by atoms with Crippen molar-refractivity contribution in [2.24, 2.45) is 0 Å². The number of ether oxygens (including phenoxy) is 1. The molecule has 0 fully saturated rings. The van der Waals surface area contributed by atoms with E-state index < -0.39 is 6.03 Å². The molecule has 0 saturated heterocycles. The zero-order valence-electron chi connectivity index (χ0n) is 18.5. The highest BCUT2D eigenvalue weighted by Crippen LogP contribution is 2.24. The van der Waals surface area contributed by atoms with Crippen LogP contribution in [0.25, 0.3) is 17.2 Å². The monoisotopic (exact) mass is 444 g/mol. The van der Waals surface area contributed by atoms with Crippen molar-refractivity contribution in [1.82, 2.24) is 19.7 Å². The lowest BCUT2D eigenvalue weighted by Gasteiger charge is -2.11. The fourth-order valence-electron chi connectivity index (χ4n) is 3.47. The lowest BCUT2D eigenvalue weighted by Crippen LogP contribution is -2.24. The second kappa shape index (κ2) is 9.39. The topological polar surface area (TPSA) is 114 Å². The van der Waals surface area contributed by atoms with Gasteiger partial charge in [0.25, 0.3) is 5.56 Å². The maximum Gasteiger partial charge on any atom is 0.324 e. The molecule has 9 heteroatoms. The number of amides is 2. The van der Waals surface area contributed by atoms with E-state index in [1.807, 2.05) is 37.3 Å². The first-order chi connectivity index (χ1) is 16.0. The van der Waals surface area contributed by atoms with E-state index in [4.69, 9.17) is 4.74 Å². The summed E-state index contributed by atoms with van der Waals surface area (Å²) in [5.74, 6) is 1.19. The minimum absolute atomic E-state index is 0.216. The van der Waals surface area contributed by atoms with Gasteiger partial charge in [-0.15, -0.1) is 0 Å². The Morgan fingerprint density at radius 2 is 1.88 bits per heavy atom. The van der Waals surface area contributed by atoms with Crippen molar-refractivity contribution < 1.29 is 9.53 Å². The molecule has 0 spiro atoms. The van der Waals surface area contributed by atoms with Gasteiger partial charge in [-0.2, -0.15) is 9.78 Å². The number of rotatable bonds is 6. The number of urea groups is 1. The van der Waals surface area contributed by atoms with Crippen molar-refractivity contribution in [1.29, 1.82) is 0 Å². The van der Waals surface area contributed by atoms with Crippen LogP contribution in [-0.4, -0.2) is 32.9 Å². The summed E-state index contributed by atoms with van der Waals surface area (Å²) in [6, 6.07) is 17.8. The number of carbonyl (C=O) groups excluding carboxylic acids is 1. The molecule has 2 heterocycles. The standard InChI is InChI=1S/C24H24N6O3/c1-4-19-15(2)25-23(28-22(19)31)30-21(14-20(29-30)16-9-6-5-7-10-16)27-24(32)26-17-11-8-12-18(13-17)33-3/h5-14H,4H2,1-3H3,(H,25,28,31)(H2,26,27,32). The van der Waals surface area contributed by atoms with Gasteiger partial charge in [0.1, 0.15) is 11.6 Å². The fourth-order valence-corrected chi connectivity index (χ4v) is 3.47. The molecule has 0 radical (unpaired) electrons. The van der Waals surface area contributed by atoms with E-state index in [9.17, 15) is 9.59 Å². The molecular formula is C24H24N6O3. The zero-order valence-corrected chi connectivity index (χ0v) is 18.5. The number of aromatic amines is 1.